The van der Waals surface area contributed by atoms with Crippen molar-refractivity contribution in [2.75, 3.05) is 0 Å². The van der Waals surface area contributed by atoms with Gasteiger partial charge in [0.15, 0.2) is 0 Å². The first-order valence-corrected chi connectivity index (χ1v) is 10.8. The smallest absolute Gasteiger partial charge is 0.260 e. The van der Waals surface area contributed by atoms with Gasteiger partial charge < -0.3 is 4.98 Å². The third-order valence-corrected chi connectivity index (χ3v) is 7.06. The fourth-order valence-corrected chi connectivity index (χ4v) is 5.38. The van der Waals surface area contributed by atoms with Crippen molar-refractivity contribution in [2.24, 2.45) is 0 Å². The predicted molar refractivity (Wildman–Crippen MR) is 110 cm³/mol. The largest absolute Gasteiger partial charge is 0.309 e. The van der Waals surface area contributed by atoms with Gasteiger partial charge >= 0.3 is 0 Å². The molecule has 0 aliphatic carbocycles. The zero-order chi connectivity index (χ0) is 18.1. The summed E-state index contributed by atoms with van der Waals surface area (Å²) in [5.74, 6) is 0.951. The van der Waals surface area contributed by atoms with Crippen LogP contribution in [0.15, 0.2) is 52.0 Å². The average molecular weight is 403 g/mol. The maximum atomic E-state index is 13.8. The highest BCUT2D eigenvalue weighted by Gasteiger charge is 2.17. The van der Waals surface area contributed by atoms with Crippen molar-refractivity contribution in [1.29, 1.82) is 0 Å². The molecule has 1 aromatic carbocycles. The van der Waals surface area contributed by atoms with Crippen LogP contribution >= 0.6 is 34.4 Å². The lowest BCUT2D eigenvalue weighted by molar-refractivity contribution is 0.617. The highest BCUT2D eigenvalue weighted by molar-refractivity contribution is 7.98. The number of benzene rings is 1. The third kappa shape index (κ3) is 3.34. The number of halogens is 1. The van der Waals surface area contributed by atoms with Crippen LogP contribution in [-0.2, 0) is 5.75 Å². The van der Waals surface area contributed by atoms with E-state index in [4.69, 9.17) is 0 Å². The van der Waals surface area contributed by atoms with Gasteiger partial charge in [-0.2, -0.15) is 0 Å². The molecule has 3 heterocycles. The number of fused-ring (bicyclic) bond motifs is 1. The molecule has 0 unspecified atom stereocenters. The van der Waals surface area contributed by atoms with Crippen molar-refractivity contribution in [3.63, 3.8) is 0 Å². The summed E-state index contributed by atoms with van der Waals surface area (Å²) < 4.78 is 13.8. The SMILES string of the molecule is C[C@@H](SCc1ccccc1F)c1nc2scc(-c3cccs3)c2c(=O)[nH]1. The molecule has 0 amide bonds. The molecule has 0 radical (unpaired) electrons. The molecule has 3 aromatic heterocycles. The van der Waals surface area contributed by atoms with Crippen LogP contribution in [0.4, 0.5) is 4.39 Å². The predicted octanol–water partition coefficient (Wildman–Crippen LogP) is 5.85. The fourth-order valence-electron chi connectivity index (χ4n) is 2.68. The van der Waals surface area contributed by atoms with E-state index in [1.165, 1.54) is 17.4 Å². The number of nitrogens with one attached hydrogen (secondary N) is 1. The first-order chi connectivity index (χ1) is 12.6. The Morgan fingerprint density at radius 2 is 2.08 bits per heavy atom. The van der Waals surface area contributed by atoms with Gasteiger partial charge in [-0.1, -0.05) is 24.3 Å². The van der Waals surface area contributed by atoms with Crippen molar-refractivity contribution >= 4 is 44.7 Å². The number of aromatic amines is 1. The van der Waals surface area contributed by atoms with E-state index < -0.39 is 0 Å². The van der Waals surface area contributed by atoms with Crippen LogP contribution in [0.1, 0.15) is 23.6 Å². The van der Waals surface area contributed by atoms with Gasteiger partial charge in [0, 0.05) is 21.6 Å². The van der Waals surface area contributed by atoms with Gasteiger partial charge in [-0.05, 0) is 30.0 Å². The summed E-state index contributed by atoms with van der Waals surface area (Å²) in [6.07, 6.45) is 0. The molecule has 26 heavy (non-hydrogen) atoms. The molecule has 0 spiro atoms. The number of hydrogen-bond donors (Lipinski definition) is 1. The second-order valence-electron chi connectivity index (χ2n) is 5.80. The van der Waals surface area contributed by atoms with Crippen molar-refractivity contribution in [3.8, 4) is 10.4 Å². The summed E-state index contributed by atoms with van der Waals surface area (Å²) in [6.45, 7) is 1.98. The van der Waals surface area contributed by atoms with E-state index in [9.17, 15) is 9.18 Å². The van der Waals surface area contributed by atoms with Gasteiger partial charge in [0.25, 0.3) is 5.56 Å². The molecule has 4 rings (SSSR count). The van der Waals surface area contributed by atoms with Crippen LogP contribution in [0.3, 0.4) is 0 Å². The van der Waals surface area contributed by atoms with E-state index in [0.29, 0.717) is 22.5 Å². The lowest BCUT2D eigenvalue weighted by atomic mass is 10.2. The fraction of sp³-hybridized carbons (Fsp3) is 0.158. The molecule has 7 heteroatoms. The van der Waals surface area contributed by atoms with E-state index in [2.05, 4.69) is 9.97 Å². The molecule has 0 aliphatic heterocycles. The lowest BCUT2D eigenvalue weighted by Crippen LogP contribution is -2.12. The third-order valence-electron chi connectivity index (χ3n) is 4.08. The number of H-pyrrole nitrogens is 1. The van der Waals surface area contributed by atoms with Crippen LogP contribution in [0, 0.1) is 5.82 Å². The highest BCUT2D eigenvalue weighted by atomic mass is 32.2. The molecule has 1 atom stereocenters. The van der Waals surface area contributed by atoms with Crippen LogP contribution < -0.4 is 5.56 Å². The van der Waals surface area contributed by atoms with Gasteiger partial charge in [-0.3, -0.25) is 4.79 Å². The van der Waals surface area contributed by atoms with Crippen LogP contribution in [-0.4, -0.2) is 9.97 Å². The van der Waals surface area contributed by atoms with E-state index in [1.54, 1.807) is 35.2 Å². The number of thiophene rings is 2. The minimum absolute atomic E-state index is 0.0426. The Balaban J connectivity index is 1.61. The summed E-state index contributed by atoms with van der Waals surface area (Å²) >= 11 is 4.64. The summed E-state index contributed by atoms with van der Waals surface area (Å²) in [7, 11) is 0. The van der Waals surface area contributed by atoms with Crippen molar-refractivity contribution in [3.05, 3.63) is 74.7 Å². The van der Waals surface area contributed by atoms with Crippen molar-refractivity contribution in [2.45, 2.75) is 17.9 Å². The average Bonchev–Trinajstić information content (AvgIpc) is 3.30. The van der Waals surface area contributed by atoms with Gasteiger partial charge in [-0.15, -0.1) is 34.4 Å². The molecule has 3 nitrogen and oxygen atoms in total. The van der Waals surface area contributed by atoms with E-state index in [1.807, 2.05) is 35.9 Å². The molecule has 0 saturated heterocycles. The monoisotopic (exact) mass is 402 g/mol. The summed E-state index contributed by atoms with van der Waals surface area (Å²) in [5, 5.41) is 4.59. The second kappa shape index (κ2) is 7.34. The highest BCUT2D eigenvalue weighted by Crippen LogP contribution is 2.35. The first-order valence-electron chi connectivity index (χ1n) is 8.04. The van der Waals surface area contributed by atoms with Crippen LogP contribution in [0.2, 0.25) is 0 Å². The normalized spacial score (nSPS) is 12.5. The summed E-state index contributed by atoms with van der Waals surface area (Å²) in [4.78, 5) is 22.0. The maximum Gasteiger partial charge on any atom is 0.260 e. The minimum atomic E-state index is -0.206. The van der Waals surface area contributed by atoms with Crippen molar-refractivity contribution < 1.29 is 4.39 Å². The van der Waals surface area contributed by atoms with Gasteiger partial charge in [0.1, 0.15) is 16.5 Å². The summed E-state index contributed by atoms with van der Waals surface area (Å²) in [6, 6.07) is 10.7. The Hall–Kier alpha value is -1.96. The number of rotatable bonds is 5. The molecule has 4 aromatic rings. The van der Waals surface area contributed by atoms with E-state index in [0.717, 1.165) is 15.3 Å². The molecular formula is C19H15FN2OS3. The topological polar surface area (TPSA) is 45.8 Å². The number of aromatic nitrogens is 2. The molecule has 1 N–H and O–H groups in total. The Kier molecular flexibility index (Phi) is 4.93. The van der Waals surface area contributed by atoms with Crippen LogP contribution in [0.5, 0.6) is 0 Å². The Bertz CT molecular complexity index is 1100. The Labute approximate surface area is 161 Å². The number of nitrogens with zero attached hydrogens (tertiary/aromatic N) is 1. The maximum absolute atomic E-state index is 13.8. The Morgan fingerprint density at radius 3 is 2.85 bits per heavy atom. The van der Waals surface area contributed by atoms with Gasteiger partial charge in [-0.25, -0.2) is 9.37 Å². The Morgan fingerprint density at radius 1 is 1.23 bits per heavy atom. The molecule has 0 aliphatic rings. The minimum Gasteiger partial charge on any atom is -0.309 e. The van der Waals surface area contributed by atoms with E-state index in [-0.39, 0.29) is 16.6 Å². The van der Waals surface area contributed by atoms with E-state index >= 15 is 0 Å². The van der Waals surface area contributed by atoms with Crippen LogP contribution in [0.25, 0.3) is 20.7 Å². The molecule has 0 bridgehead atoms. The number of hydrogen-bond acceptors (Lipinski definition) is 5. The van der Waals surface area contributed by atoms with Gasteiger partial charge in [0.05, 0.1) is 10.6 Å². The molecule has 132 valence electrons. The standard InChI is InChI=1S/C19H15FN2OS3/c1-11(25-9-12-5-2-3-6-14(12)20)17-21-18(23)16-13(10-26-19(16)22-17)15-7-4-8-24-15/h2-8,10-11H,9H2,1H3,(H,21,22,23)/t11-/m1/s1. The molecule has 0 fully saturated rings. The zero-order valence-electron chi connectivity index (χ0n) is 13.9. The van der Waals surface area contributed by atoms with Crippen molar-refractivity contribution in [1.82, 2.24) is 9.97 Å². The molecule has 0 saturated carbocycles. The quantitative estimate of drug-likeness (QED) is 0.456. The first kappa shape index (κ1) is 17.5. The van der Waals surface area contributed by atoms with Gasteiger partial charge in [0.2, 0.25) is 0 Å². The zero-order valence-corrected chi connectivity index (χ0v) is 16.3. The second-order valence-corrected chi connectivity index (χ2v) is 8.94. The number of thioether (sulfide) groups is 1. The molecular weight excluding hydrogens is 387 g/mol. The summed E-state index contributed by atoms with van der Waals surface area (Å²) in [5.41, 5.74) is 1.48. The lowest BCUT2D eigenvalue weighted by Gasteiger charge is -2.11.